The molecule has 0 unspecified atom stereocenters. The quantitative estimate of drug-likeness (QED) is 0.217. The van der Waals surface area contributed by atoms with Gasteiger partial charge in [0.2, 0.25) is 6.41 Å². The Bertz CT molecular complexity index is 64.4. The van der Waals surface area contributed by atoms with Crippen molar-refractivity contribution in [1.29, 1.82) is 5.41 Å². The summed E-state index contributed by atoms with van der Waals surface area (Å²) in [6, 6.07) is 0. The first kappa shape index (κ1) is 6.94. The molecule has 0 aliphatic carbocycles. The van der Waals surface area contributed by atoms with Crippen molar-refractivity contribution in [2.45, 2.75) is 0 Å². The van der Waals surface area contributed by atoms with Gasteiger partial charge in [-0.2, -0.15) is 0 Å². The molecular formula is C4H8N2O2. The van der Waals surface area contributed by atoms with Crippen LogP contribution in [0.5, 0.6) is 0 Å². The Morgan fingerprint density at radius 2 is 2.50 bits per heavy atom. The van der Waals surface area contributed by atoms with Crippen LogP contribution in [0.1, 0.15) is 0 Å². The number of hydrogen-bond donors (Lipinski definition) is 2. The smallest absolute Gasteiger partial charge is 0.207 e. The molecule has 0 bridgehead atoms. The van der Waals surface area contributed by atoms with E-state index in [0.29, 0.717) is 19.6 Å². The highest BCUT2D eigenvalue weighted by Crippen LogP contribution is 1.60. The maximum absolute atomic E-state index is 9.54. The minimum absolute atomic E-state index is 0.363. The molecule has 0 saturated heterocycles. The van der Waals surface area contributed by atoms with Crippen LogP contribution in [0, 0.1) is 5.41 Å². The van der Waals surface area contributed by atoms with Crippen LogP contribution in [-0.2, 0) is 9.53 Å². The number of amides is 1. The lowest BCUT2D eigenvalue weighted by Crippen LogP contribution is -2.16. The molecular weight excluding hydrogens is 108 g/mol. The molecule has 0 atom stereocenters. The van der Waals surface area contributed by atoms with Gasteiger partial charge in [0, 0.05) is 0 Å². The summed E-state index contributed by atoms with van der Waals surface area (Å²) >= 11 is 0. The Hall–Kier alpha value is -1.06. The van der Waals surface area contributed by atoms with Gasteiger partial charge in [-0.25, -0.2) is 0 Å². The van der Waals surface area contributed by atoms with Gasteiger partial charge in [-0.15, -0.1) is 0 Å². The Morgan fingerprint density at radius 1 is 1.75 bits per heavy atom. The number of carbonyl (C=O) groups is 1. The minimum atomic E-state index is 0.363. The molecule has 4 heteroatoms. The van der Waals surface area contributed by atoms with Crippen LogP contribution >= 0.6 is 0 Å². The van der Waals surface area contributed by atoms with Crippen molar-refractivity contribution in [3.8, 4) is 0 Å². The van der Waals surface area contributed by atoms with Gasteiger partial charge in [0.1, 0.15) is 6.61 Å². The van der Waals surface area contributed by atoms with E-state index in [1.54, 1.807) is 0 Å². The highest BCUT2D eigenvalue weighted by Gasteiger charge is 1.78. The van der Waals surface area contributed by atoms with Crippen LogP contribution in [0.2, 0.25) is 0 Å². The summed E-state index contributed by atoms with van der Waals surface area (Å²) in [7, 11) is 0. The second kappa shape index (κ2) is 5.94. The lowest BCUT2D eigenvalue weighted by atomic mass is 10.7. The molecule has 2 N–H and O–H groups in total. The highest BCUT2D eigenvalue weighted by molar-refractivity contribution is 5.46. The normalized spacial score (nSPS) is 7.50. The third-order valence-electron chi connectivity index (χ3n) is 0.531. The summed E-state index contributed by atoms with van der Waals surface area (Å²) in [5.41, 5.74) is 0. The lowest BCUT2D eigenvalue weighted by Gasteiger charge is -1.95. The first-order valence-electron chi connectivity index (χ1n) is 2.19. The van der Waals surface area contributed by atoms with E-state index in [4.69, 9.17) is 5.41 Å². The third kappa shape index (κ3) is 4.94. The predicted octanol–water partition coefficient (Wildman–Crippen LogP) is -0.644. The Labute approximate surface area is 47.3 Å². The van der Waals surface area contributed by atoms with Crippen molar-refractivity contribution < 1.29 is 9.53 Å². The van der Waals surface area contributed by atoms with E-state index in [9.17, 15) is 4.79 Å². The number of hydrogen-bond acceptors (Lipinski definition) is 3. The van der Waals surface area contributed by atoms with Crippen LogP contribution in [0.15, 0.2) is 0 Å². The molecule has 0 aromatic carbocycles. The highest BCUT2D eigenvalue weighted by atomic mass is 16.5. The SMILES string of the molecule is N=COCCNC=O. The van der Waals surface area contributed by atoms with Crippen molar-refractivity contribution in [2.24, 2.45) is 0 Å². The van der Waals surface area contributed by atoms with Gasteiger partial charge < -0.3 is 10.1 Å². The topological polar surface area (TPSA) is 62.2 Å². The predicted molar refractivity (Wildman–Crippen MR) is 28.8 cm³/mol. The number of carbonyl (C=O) groups excluding carboxylic acids is 1. The average molecular weight is 116 g/mol. The molecule has 0 fully saturated rings. The molecule has 8 heavy (non-hydrogen) atoms. The summed E-state index contributed by atoms with van der Waals surface area (Å²) in [5.74, 6) is 0. The lowest BCUT2D eigenvalue weighted by molar-refractivity contribution is -0.109. The molecule has 0 aromatic heterocycles. The van der Waals surface area contributed by atoms with E-state index in [0.717, 1.165) is 6.40 Å². The van der Waals surface area contributed by atoms with E-state index in [1.807, 2.05) is 0 Å². The summed E-state index contributed by atoms with van der Waals surface area (Å²) in [6.45, 7) is 0.821. The van der Waals surface area contributed by atoms with Crippen LogP contribution in [-0.4, -0.2) is 26.0 Å². The van der Waals surface area contributed by atoms with E-state index < -0.39 is 0 Å². The molecule has 0 heterocycles. The van der Waals surface area contributed by atoms with Gasteiger partial charge in [0.15, 0.2) is 6.40 Å². The monoisotopic (exact) mass is 116 g/mol. The summed E-state index contributed by atoms with van der Waals surface area (Å²) in [4.78, 5) is 9.54. The van der Waals surface area contributed by atoms with E-state index in [-0.39, 0.29) is 0 Å². The van der Waals surface area contributed by atoms with Gasteiger partial charge in [-0.3, -0.25) is 10.2 Å². The average Bonchev–Trinajstić information content (AvgIpc) is 1.81. The van der Waals surface area contributed by atoms with Crippen molar-refractivity contribution in [2.75, 3.05) is 13.2 Å². The minimum Gasteiger partial charge on any atom is -0.482 e. The third-order valence-corrected chi connectivity index (χ3v) is 0.531. The molecule has 0 aromatic rings. The van der Waals surface area contributed by atoms with Crippen molar-refractivity contribution >= 4 is 12.8 Å². The fourth-order valence-corrected chi connectivity index (χ4v) is 0.236. The van der Waals surface area contributed by atoms with Gasteiger partial charge in [-0.05, 0) is 0 Å². The number of nitrogens with one attached hydrogen (secondary N) is 2. The van der Waals surface area contributed by atoms with E-state index in [2.05, 4.69) is 10.1 Å². The van der Waals surface area contributed by atoms with Gasteiger partial charge in [0.05, 0.1) is 6.54 Å². The first-order chi connectivity index (χ1) is 3.91. The van der Waals surface area contributed by atoms with Crippen molar-refractivity contribution in [3.63, 3.8) is 0 Å². The molecule has 0 rings (SSSR count). The molecule has 0 aliphatic heterocycles. The molecule has 46 valence electrons. The van der Waals surface area contributed by atoms with Gasteiger partial charge in [-0.1, -0.05) is 0 Å². The standard InChI is InChI=1S/C4H8N2O2/c5-3-8-2-1-6-4-7/h3-5H,1-2H2,(H,6,7). The zero-order chi connectivity index (χ0) is 6.24. The Morgan fingerprint density at radius 3 is 3.00 bits per heavy atom. The second-order valence-corrected chi connectivity index (χ2v) is 1.06. The number of rotatable bonds is 5. The molecule has 0 aliphatic rings. The molecule has 0 saturated carbocycles. The van der Waals surface area contributed by atoms with Crippen molar-refractivity contribution in [3.05, 3.63) is 0 Å². The number of ether oxygens (including phenoxy) is 1. The van der Waals surface area contributed by atoms with Crippen molar-refractivity contribution in [1.82, 2.24) is 5.32 Å². The molecule has 0 radical (unpaired) electrons. The molecule has 4 nitrogen and oxygen atoms in total. The maximum Gasteiger partial charge on any atom is 0.207 e. The van der Waals surface area contributed by atoms with Gasteiger partial charge in [0.25, 0.3) is 0 Å². The maximum atomic E-state index is 9.54. The molecule has 0 spiro atoms. The summed E-state index contributed by atoms with van der Waals surface area (Å²) in [5, 5.41) is 8.75. The van der Waals surface area contributed by atoms with Crippen LogP contribution in [0.3, 0.4) is 0 Å². The second-order valence-electron chi connectivity index (χ2n) is 1.06. The summed E-state index contributed by atoms with van der Waals surface area (Å²) < 4.78 is 4.46. The first-order valence-corrected chi connectivity index (χ1v) is 2.19. The zero-order valence-electron chi connectivity index (χ0n) is 4.39. The largest absolute Gasteiger partial charge is 0.482 e. The zero-order valence-corrected chi connectivity index (χ0v) is 4.39. The van der Waals surface area contributed by atoms with Crippen LogP contribution < -0.4 is 5.32 Å². The van der Waals surface area contributed by atoms with Crippen LogP contribution in [0.25, 0.3) is 0 Å². The Kier molecular flexibility index (Phi) is 5.15. The fourth-order valence-electron chi connectivity index (χ4n) is 0.236. The Balaban J connectivity index is 2.71. The molecule has 1 amide bonds. The van der Waals surface area contributed by atoms with E-state index in [1.165, 1.54) is 0 Å². The van der Waals surface area contributed by atoms with Crippen LogP contribution in [0.4, 0.5) is 0 Å². The van der Waals surface area contributed by atoms with Gasteiger partial charge >= 0.3 is 0 Å². The fraction of sp³-hybridized carbons (Fsp3) is 0.500. The summed E-state index contributed by atoms with van der Waals surface area (Å²) in [6.07, 6.45) is 1.43. The van der Waals surface area contributed by atoms with E-state index >= 15 is 0 Å².